The number of hydrogen-bond acceptors (Lipinski definition) is 3. The van der Waals surface area contributed by atoms with Crippen molar-refractivity contribution in [2.45, 2.75) is 44.8 Å². The fourth-order valence-corrected chi connectivity index (χ4v) is 4.46. The molecule has 4 rings (SSSR count). The average Bonchev–Trinajstić information content (AvgIpc) is 3.09. The highest BCUT2D eigenvalue weighted by molar-refractivity contribution is 5.98. The van der Waals surface area contributed by atoms with Crippen molar-refractivity contribution < 1.29 is 18.3 Å². The number of rotatable bonds is 6. The molecule has 2 heterocycles. The number of carbonyl (C=O) groups is 1. The number of nitrogens with zero attached hydrogens (tertiary/aromatic N) is 2. The number of benzene rings is 2. The van der Waals surface area contributed by atoms with Gasteiger partial charge >= 0.3 is 0 Å². The molecule has 0 N–H and O–H groups in total. The summed E-state index contributed by atoms with van der Waals surface area (Å²) < 4.78 is 33.8. The third-order valence-electron chi connectivity index (χ3n) is 6.19. The molecule has 2 aliphatic rings. The van der Waals surface area contributed by atoms with Gasteiger partial charge in [-0.3, -0.25) is 9.69 Å². The SMILES string of the molecule is CCCCCCN1C[C@@H]2Oc3cc(-c4ccc(F)cc4F)ccc3C(=O)N(C)[C@@H]2C1. The Balaban J connectivity index is 1.57. The van der Waals surface area contributed by atoms with Gasteiger partial charge in [0.1, 0.15) is 23.5 Å². The van der Waals surface area contributed by atoms with Crippen LogP contribution in [0.5, 0.6) is 5.75 Å². The number of ether oxygens (including phenoxy) is 1. The van der Waals surface area contributed by atoms with Crippen LogP contribution in [0.25, 0.3) is 11.1 Å². The number of unbranched alkanes of at least 4 members (excludes halogenated alkanes) is 3. The second kappa shape index (κ2) is 8.72. The molecular formula is C24H28F2N2O2. The normalized spacial score (nSPS) is 21.2. The Bertz CT molecular complexity index is 933. The Kier molecular flexibility index (Phi) is 6.04. The zero-order valence-electron chi connectivity index (χ0n) is 17.5. The van der Waals surface area contributed by atoms with E-state index in [1.54, 1.807) is 23.1 Å². The van der Waals surface area contributed by atoms with Gasteiger partial charge in [0.15, 0.2) is 0 Å². The van der Waals surface area contributed by atoms with Gasteiger partial charge in [0.2, 0.25) is 0 Å². The van der Waals surface area contributed by atoms with Gasteiger partial charge in [-0.15, -0.1) is 0 Å². The Morgan fingerprint density at radius 2 is 1.83 bits per heavy atom. The predicted octanol–water partition coefficient (Wildman–Crippen LogP) is 4.73. The highest BCUT2D eigenvalue weighted by atomic mass is 19.1. The molecule has 6 heteroatoms. The number of amides is 1. The molecule has 2 aromatic rings. The van der Waals surface area contributed by atoms with Gasteiger partial charge in [0, 0.05) is 31.8 Å². The summed E-state index contributed by atoms with van der Waals surface area (Å²) in [6.45, 7) is 4.77. The van der Waals surface area contributed by atoms with E-state index in [1.807, 2.05) is 7.05 Å². The number of fused-ring (bicyclic) bond motifs is 2. The summed E-state index contributed by atoms with van der Waals surface area (Å²) in [6, 6.07) is 8.55. The third kappa shape index (κ3) is 4.06. The van der Waals surface area contributed by atoms with Crippen molar-refractivity contribution >= 4 is 5.91 Å². The van der Waals surface area contributed by atoms with Crippen LogP contribution < -0.4 is 4.74 Å². The maximum absolute atomic E-state index is 14.3. The largest absolute Gasteiger partial charge is 0.486 e. The third-order valence-corrected chi connectivity index (χ3v) is 6.19. The quantitative estimate of drug-likeness (QED) is 0.641. The molecular weight excluding hydrogens is 386 g/mol. The first kappa shape index (κ1) is 20.8. The van der Waals surface area contributed by atoms with Crippen molar-refractivity contribution in [2.75, 3.05) is 26.7 Å². The van der Waals surface area contributed by atoms with Crippen LogP contribution >= 0.6 is 0 Å². The van der Waals surface area contributed by atoms with E-state index in [0.717, 1.165) is 32.1 Å². The molecule has 0 bridgehead atoms. The molecule has 1 fully saturated rings. The van der Waals surface area contributed by atoms with E-state index in [4.69, 9.17) is 4.74 Å². The lowest BCUT2D eigenvalue weighted by Crippen LogP contribution is -2.44. The molecule has 4 nitrogen and oxygen atoms in total. The summed E-state index contributed by atoms with van der Waals surface area (Å²) >= 11 is 0. The van der Waals surface area contributed by atoms with Crippen LogP contribution in [0, 0.1) is 11.6 Å². The van der Waals surface area contributed by atoms with Crippen LogP contribution in [0.1, 0.15) is 43.0 Å². The van der Waals surface area contributed by atoms with Gasteiger partial charge in [-0.2, -0.15) is 0 Å². The highest BCUT2D eigenvalue weighted by Crippen LogP contribution is 2.35. The first-order valence-electron chi connectivity index (χ1n) is 10.7. The summed E-state index contributed by atoms with van der Waals surface area (Å²) in [5.74, 6) is -0.874. The van der Waals surface area contributed by atoms with E-state index in [2.05, 4.69) is 11.8 Å². The molecule has 2 aliphatic heterocycles. The van der Waals surface area contributed by atoms with Gasteiger partial charge in [-0.05, 0) is 42.8 Å². The van der Waals surface area contributed by atoms with Crippen LogP contribution in [0.2, 0.25) is 0 Å². The Morgan fingerprint density at radius 3 is 2.60 bits per heavy atom. The molecule has 0 aliphatic carbocycles. The van der Waals surface area contributed by atoms with Crippen molar-refractivity contribution in [1.29, 1.82) is 0 Å². The van der Waals surface area contributed by atoms with E-state index < -0.39 is 11.6 Å². The van der Waals surface area contributed by atoms with Crippen LogP contribution in [-0.4, -0.2) is 54.5 Å². The summed E-state index contributed by atoms with van der Waals surface area (Å²) in [7, 11) is 1.83. The highest BCUT2D eigenvalue weighted by Gasteiger charge is 2.42. The van der Waals surface area contributed by atoms with Gasteiger partial charge < -0.3 is 9.64 Å². The summed E-state index contributed by atoms with van der Waals surface area (Å²) in [5.41, 5.74) is 1.33. The van der Waals surface area contributed by atoms with E-state index in [-0.39, 0.29) is 23.6 Å². The first-order valence-corrected chi connectivity index (χ1v) is 10.7. The van der Waals surface area contributed by atoms with Crippen molar-refractivity contribution in [2.24, 2.45) is 0 Å². The molecule has 2 aromatic carbocycles. The van der Waals surface area contributed by atoms with Crippen LogP contribution in [0.15, 0.2) is 36.4 Å². The number of likely N-dealkylation sites (N-methyl/N-ethyl adjacent to an activating group) is 1. The Labute approximate surface area is 176 Å². The van der Waals surface area contributed by atoms with Crippen molar-refractivity contribution in [3.05, 3.63) is 53.6 Å². The fourth-order valence-electron chi connectivity index (χ4n) is 4.46. The van der Waals surface area contributed by atoms with Crippen molar-refractivity contribution in [3.8, 4) is 16.9 Å². The number of likely N-dealkylation sites (tertiary alicyclic amines) is 1. The maximum Gasteiger partial charge on any atom is 0.257 e. The van der Waals surface area contributed by atoms with E-state index >= 15 is 0 Å². The monoisotopic (exact) mass is 414 g/mol. The summed E-state index contributed by atoms with van der Waals surface area (Å²) in [4.78, 5) is 17.2. The molecule has 1 amide bonds. The van der Waals surface area contributed by atoms with Crippen LogP contribution in [0.3, 0.4) is 0 Å². The molecule has 1 saturated heterocycles. The zero-order valence-corrected chi connectivity index (χ0v) is 17.5. The minimum Gasteiger partial charge on any atom is -0.486 e. The standard InChI is InChI=1S/C24H28F2N2O2/c1-3-4-5-6-11-28-14-21-23(15-28)30-22-12-16(7-9-19(22)24(29)27(21)2)18-10-8-17(25)13-20(18)26/h7-10,12-13,21,23H,3-6,11,14-15H2,1-2H3/t21-,23+/m1/s1. The van der Waals surface area contributed by atoms with Gasteiger partial charge in [0.05, 0.1) is 11.6 Å². The first-order chi connectivity index (χ1) is 14.5. The number of halogens is 2. The van der Waals surface area contributed by atoms with Crippen molar-refractivity contribution in [3.63, 3.8) is 0 Å². The molecule has 0 aromatic heterocycles. The lowest BCUT2D eigenvalue weighted by Gasteiger charge is -2.25. The minimum atomic E-state index is -0.635. The lowest BCUT2D eigenvalue weighted by atomic mass is 10.0. The predicted molar refractivity (Wildman–Crippen MR) is 113 cm³/mol. The van der Waals surface area contributed by atoms with E-state index in [9.17, 15) is 13.6 Å². The molecule has 30 heavy (non-hydrogen) atoms. The number of hydrogen-bond donors (Lipinski definition) is 0. The second-order valence-corrected chi connectivity index (χ2v) is 8.30. The summed E-state index contributed by atoms with van der Waals surface area (Å²) in [5, 5.41) is 0. The second-order valence-electron chi connectivity index (χ2n) is 8.30. The smallest absolute Gasteiger partial charge is 0.257 e. The van der Waals surface area contributed by atoms with E-state index in [0.29, 0.717) is 16.9 Å². The Hall–Kier alpha value is -2.47. The van der Waals surface area contributed by atoms with Crippen LogP contribution in [-0.2, 0) is 0 Å². The summed E-state index contributed by atoms with van der Waals surface area (Å²) in [6.07, 6.45) is 4.69. The van der Waals surface area contributed by atoms with Gasteiger partial charge in [-0.25, -0.2) is 8.78 Å². The molecule has 0 saturated carbocycles. The topological polar surface area (TPSA) is 32.8 Å². The maximum atomic E-state index is 14.3. The average molecular weight is 414 g/mol. The minimum absolute atomic E-state index is 0.0120. The van der Waals surface area contributed by atoms with Gasteiger partial charge in [0.25, 0.3) is 5.91 Å². The van der Waals surface area contributed by atoms with Crippen LogP contribution in [0.4, 0.5) is 8.78 Å². The Morgan fingerprint density at radius 1 is 1.03 bits per heavy atom. The molecule has 2 atom stereocenters. The van der Waals surface area contributed by atoms with Gasteiger partial charge in [-0.1, -0.05) is 32.3 Å². The van der Waals surface area contributed by atoms with Crippen molar-refractivity contribution in [1.82, 2.24) is 9.80 Å². The molecule has 0 unspecified atom stereocenters. The molecule has 0 spiro atoms. The number of carbonyl (C=O) groups excluding carboxylic acids is 1. The molecule has 0 radical (unpaired) electrons. The zero-order chi connectivity index (χ0) is 21.3. The lowest BCUT2D eigenvalue weighted by molar-refractivity contribution is 0.0682. The molecule has 160 valence electrons. The fraction of sp³-hybridized carbons (Fsp3) is 0.458. The van der Waals surface area contributed by atoms with E-state index in [1.165, 1.54) is 31.4 Å².